The van der Waals surface area contributed by atoms with Crippen molar-refractivity contribution in [3.05, 3.63) is 99.7 Å². The SMILES string of the molecule is CN1CC2=C(OC(N)=C(C#N)[C@H]2c2cccc(F)c2)/C(=C\c2cccc(F)c2)C1. The summed E-state index contributed by atoms with van der Waals surface area (Å²) in [5, 5.41) is 9.70. The molecule has 4 nitrogen and oxygen atoms in total. The van der Waals surface area contributed by atoms with Gasteiger partial charge in [0.1, 0.15) is 29.0 Å². The van der Waals surface area contributed by atoms with Crippen molar-refractivity contribution in [2.75, 3.05) is 20.1 Å². The highest BCUT2D eigenvalue weighted by atomic mass is 19.1. The molecule has 2 aliphatic rings. The molecule has 0 bridgehead atoms. The Morgan fingerprint density at radius 1 is 1.14 bits per heavy atom. The summed E-state index contributed by atoms with van der Waals surface area (Å²) >= 11 is 0. The Balaban J connectivity index is 1.88. The van der Waals surface area contributed by atoms with Gasteiger partial charge in [0.2, 0.25) is 5.88 Å². The summed E-state index contributed by atoms with van der Waals surface area (Å²) in [6, 6.07) is 14.6. The van der Waals surface area contributed by atoms with E-state index in [9.17, 15) is 14.0 Å². The summed E-state index contributed by atoms with van der Waals surface area (Å²) in [5.74, 6) is -0.635. The molecule has 0 saturated carbocycles. The van der Waals surface area contributed by atoms with Crippen LogP contribution in [0.3, 0.4) is 0 Å². The lowest BCUT2D eigenvalue weighted by atomic mass is 9.80. The highest BCUT2D eigenvalue weighted by Crippen LogP contribution is 2.43. The summed E-state index contributed by atoms with van der Waals surface area (Å²) < 4.78 is 33.4. The monoisotopic (exact) mass is 391 g/mol. The van der Waals surface area contributed by atoms with Crippen molar-refractivity contribution in [2.45, 2.75) is 5.92 Å². The van der Waals surface area contributed by atoms with Crippen molar-refractivity contribution in [3.63, 3.8) is 0 Å². The molecule has 2 aromatic rings. The van der Waals surface area contributed by atoms with Crippen LogP contribution in [-0.4, -0.2) is 25.0 Å². The molecule has 0 aliphatic carbocycles. The number of likely N-dealkylation sites (N-methyl/N-ethyl adjacent to an activating group) is 1. The Kier molecular flexibility index (Phi) is 4.91. The Morgan fingerprint density at radius 2 is 1.86 bits per heavy atom. The van der Waals surface area contributed by atoms with E-state index in [-0.39, 0.29) is 23.1 Å². The van der Waals surface area contributed by atoms with Crippen molar-refractivity contribution in [1.29, 1.82) is 5.26 Å². The smallest absolute Gasteiger partial charge is 0.205 e. The van der Waals surface area contributed by atoms with Crippen LogP contribution in [0.1, 0.15) is 17.0 Å². The summed E-state index contributed by atoms with van der Waals surface area (Å²) in [6.45, 7) is 1.11. The predicted molar refractivity (Wildman–Crippen MR) is 106 cm³/mol. The van der Waals surface area contributed by atoms with Gasteiger partial charge in [-0.2, -0.15) is 5.26 Å². The zero-order chi connectivity index (χ0) is 20.5. The third kappa shape index (κ3) is 3.65. The highest BCUT2D eigenvalue weighted by molar-refractivity contribution is 5.63. The quantitative estimate of drug-likeness (QED) is 0.839. The molecular weight excluding hydrogens is 372 g/mol. The molecule has 0 spiro atoms. The second-order valence-corrected chi connectivity index (χ2v) is 7.23. The predicted octanol–water partition coefficient (Wildman–Crippen LogP) is 4.06. The number of hydrogen-bond acceptors (Lipinski definition) is 4. The Hall–Kier alpha value is -3.43. The van der Waals surface area contributed by atoms with Gasteiger partial charge in [0.15, 0.2) is 0 Å². The van der Waals surface area contributed by atoms with E-state index >= 15 is 0 Å². The van der Waals surface area contributed by atoms with Crippen LogP contribution in [0.25, 0.3) is 6.08 Å². The molecule has 29 heavy (non-hydrogen) atoms. The van der Waals surface area contributed by atoms with Crippen molar-refractivity contribution in [1.82, 2.24) is 4.90 Å². The van der Waals surface area contributed by atoms with Crippen LogP contribution < -0.4 is 5.73 Å². The van der Waals surface area contributed by atoms with E-state index in [2.05, 4.69) is 11.0 Å². The minimum absolute atomic E-state index is 0.00945. The molecule has 0 aromatic heterocycles. The first-order valence-electron chi connectivity index (χ1n) is 9.17. The van der Waals surface area contributed by atoms with Crippen LogP contribution in [-0.2, 0) is 4.74 Å². The van der Waals surface area contributed by atoms with Crippen molar-refractivity contribution in [3.8, 4) is 6.07 Å². The third-order valence-corrected chi connectivity index (χ3v) is 5.07. The molecule has 2 N–H and O–H groups in total. The summed E-state index contributed by atoms with van der Waals surface area (Å²) in [5.41, 5.74) is 9.33. The number of hydrogen-bond donors (Lipinski definition) is 1. The zero-order valence-electron chi connectivity index (χ0n) is 15.8. The van der Waals surface area contributed by atoms with E-state index in [4.69, 9.17) is 10.5 Å². The summed E-state index contributed by atoms with van der Waals surface area (Å²) in [4.78, 5) is 2.07. The van der Waals surface area contributed by atoms with Gasteiger partial charge in [0, 0.05) is 18.7 Å². The van der Waals surface area contributed by atoms with Gasteiger partial charge >= 0.3 is 0 Å². The summed E-state index contributed by atoms with van der Waals surface area (Å²) in [6.07, 6.45) is 1.85. The largest absolute Gasteiger partial charge is 0.440 e. The van der Waals surface area contributed by atoms with E-state index < -0.39 is 5.92 Å². The second-order valence-electron chi connectivity index (χ2n) is 7.23. The first-order chi connectivity index (χ1) is 14.0. The van der Waals surface area contributed by atoms with Gasteiger partial charge in [0.05, 0.1) is 5.92 Å². The minimum atomic E-state index is -0.502. The minimum Gasteiger partial charge on any atom is -0.440 e. The molecular formula is C23H19F2N3O. The van der Waals surface area contributed by atoms with E-state index in [0.717, 1.165) is 11.1 Å². The topological polar surface area (TPSA) is 62.3 Å². The van der Waals surface area contributed by atoms with Gasteiger partial charge in [-0.05, 0) is 54.1 Å². The number of allylic oxidation sites excluding steroid dienone is 1. The standard InChI is InChI=1S/C23H19F2N3O/c1-28-12-16(8-14-4-2-6-17(24)9-14)22-20(13-28)21(19(11-26)23(27)29-22)15-5-3-7-18(25)10-15/h2-10,21H,12-13,27H2,1H3/b16-8-/t21-/m1/s1. The van der Waals surface area contributed by atoms with E-state index in [1.54, 1.807) is 24.3 Å². The average Bonchev–Trinajstić information content (AvgIpc) is 2.67. The fourth-order valence-corrected chi connectivity index (χ4v) is 3.90. The van der Waals surface area contributed by atoms with Crippen LogP contribution in [0, 0.1) is 23.0 Å². The number of nitriles is 1. The first kappa shape index (κ1) is 18.9. The lowest BCUT2D eigenvalue weighted by Gasteiger charge is -2.36. The highest BCUT2D eigenvalue weighted by Gasteiger charge is 2.37. The van der Waals surface area contributed by atoms with E-state index in [1.807, 2.05) is 13.1 Å². The lowest BCUT2D eigenvalue weighted by molar-refractivity contribution is 0.251. The van der Waals surface area contributed by atoms with Crippen molar-refractivity contribution < 1.29 is 13.5 Å². The van der Waals surface area contributed by atoms with Gasteiger partial charge in [-0.3, -0.25) is 4.90 Å². The molecule has 6 heteroatoms. The number of benzene rings is 2. The molecule has 1 atom stereocenters. The number of nitrogens with zero attached hydrogens (tertiary/aromatic N) is 2. The van der Waals surface area contributed by atoms with E-state index in [1.165, 1.54) is 24.3 Å². The Bertz CT molecular complexity index is 1110. The second kappa shape index (κ2) is 7.53. The van der Waals surface area contributed by atoms with Gasteiger partial charge in [-0.1, -0.05) is 24.3 Å². The maximum atomic E-state index is 13.9. The maximum Gasteiger partial charge on any atom is 0.205 e. The normalized spacial score (nSPS) is 21.0. The maximum absolute atomic E-state index is 13.9. The number of rotatable bonds is 2. The molecule has 2 aromatic carbocycles. The number of halogens is 2. The molecule has 0 amide bonds. The van der Waals surface area contributed by atoms with Gasteiger partial charge in [-0.15, -0.1) is 0 Å². The molecule has 0 unspecified atom stereocenters. The van der Waals surface area contributed by atoms with Crippen molar-refractivity contribution in [2.24, 2.45) is 5.73 Å². The van der Waals surface area contributed by atoms with Gasteiger partial charge < -0.3 is 10.5 Å². The first-order valence-corrected chi connectivity index (χ1v) is 9.17. The van der Waals surface area contributed by atoms with Crippen LogP contribution in [0.15, 0.2) is 76.9 Å². The third-order valence-electron chi connectivity index (χ3n) is 5.07. The summed E-state index contributed by atoms with van der Waals surface area (Å²) in [7, 11) is 1.94. The van der Waals surface area contributed by atoms with E-state index in [0.29, 0.717) is 30.0 Å². The van der Waals surface area contributed by atoms with Crippen LogP contribution in [0.4, 0.5) is 8.78 Å². The molecule has 0 radical (unpaired) electrons. The van der Waals surface area contributed by atoms with Gasteiger partial charge in [-0.25, -0.2) is 8.78 Å². The molecule has 0 fully saturated rings. The molecule has 146 valence electrons. The van der Waals surface area contributed by atoms with Gasteiger partial charge in [0.25, 0.3) is 0 Å². The zero-order valence-corrected chi connectivity index (χ0v) is 15.8. The van der Waals surface area contributed by atoms with Crippen LogP contribution in [0.2, 0.25) is 0 Å². The molecule has 2 heterocycles. The molecule has 0 saturated heterocycles. The molecule has 2 aliphatic heterocycles. The number of nitrogens with two attached hydrogens (primary N) is 1. The van der Waals surface area contributed by atoms with Crippen LogP contribution >= 0.6 is 0 Å². The average molecular weight is 391 g/mol. The fraction of sp³-hybridized carbons (Fsp3) is 0.174. The number of ether oxygens (including phenoxy) is 1. The molecule has 4 rings (SSSR count). The Labute approximate surface area is 167 Å². The van der Waals surface area contributed by atoms with Crippen LogP contribution in [0.5, 0.6) is 0 Å². The Morgan fingerprint density at radius 3 is 2.55 bits per heavy atom. The fourth-order valence-electron chi connectivity index (χ4n) is 3.90. The lowest BCUT2D eigenvalue weighted by Crippen LogP contribution is -2.36. The van der Waals surface area contributed by atoms with Crippen molar-refractivity contribution >= 4 is 6.08 Å².